The number of aliphatic hydroxyl groups excluding tert-OH is 1. The third-order valence-corrected chi connectivity index (χ3v) is 21.9. The van der Waals surface area contributed by atoms with E-state index in [-0.39, 0.29) is 118 Å². The van der Waals surface area contributed by atoms with Gasteiger partial charge in [-0.05, 0) is 105 Å². The summed E-state index contributed by atoms with van der Waals surface area (Å²) in [6.07, 6.45) is -7.63. The molecule has 0 bridgehead atoms. The number of nitrogens with two attached hydrogens (primary N) is 1. The number of carbonyl (C=O) groups excluding carboxylic acids is 7. The standard InChI is InChI=1S/C43H55NO14.C32H37NO11/c1-9-43(51)18-29(34-24(36(43)42(50)52-8)15-25-35(39(34)49)38(48)33-19(2)11-10-12-23(33)37(25)47)56-31-16-26(44(6)7)40(21(4)54-31)58-32-17-28(46)41(22(5)55-32)57-30-14-13-27(45)20(3)53-30;1-14-31(44-21-9-4-5-10-41-21)18(33)11-22(42-14)43-20-13-32(39,15(2)34)12-17-24(20)30(38)26-25(28(17)36)27(35)16-7-6-8-19(40-3)23(16)29(26)37/h10-12,15,20-22,26,28-32,36,40-41,46,49,51H,9,13-14,16-18H2,1-8H3;6-8,14,18,20-22,31,36,38-39H,4-5,9-13,33H2,1-3H3/t20?,21?,22?,26?,28?,29-,30?,31?,32?,36-,40?,41?,43+;14?,18?,20-,21?,22?,31?,32-/m00/s1. The zero-order chi connectivity index (χ0) is 73.5. The third-order valence-electron chi connectivity index (χ3n) is 21.9. The Morgan fingerprint density at radius 3 is 1.86 bits per heavy atom. The van der Waals surface area contributed by atoms with Crippen LogP contribution in [0.3, 0.4) is 0 Å². The van der Waals surface area contributed by atoms with E-state index in [4.69, 9.17) is 62.6 Å². The molecule has 27 heteroatoms. The average Bonchev–Trinajstić information content (AvgIpc) is 0.716. The molecular formula is C75H92N2O25. The molecule has 20 atom stereocenters. The topological polar surface area (TPSA) is 381 Å². The molecule has 5 saturated heterocycles. The number of methoxy groups -OCH3 is 2. The summed E-state index contributed by atoms with van der Waals surface area (Å²) in [6.45, 7) is 12.4. The lowest BCUT2D eigenvalue weighted by Crippen LogP contribution is -2.58. The highest BCUT2D eigenvalue weighted by Crippen LogP contribution is 2.56. The van der Waals surface area contributed by atoms with Gasteiger partial charge in [0.25, 0.3) is 0 Å². The summed E-state index contributed by atoms with van der Waals surface area (Å²) < 4.78 is 72.4. The first-order chi connectivity index (χ1) is 48.4. The molecule has 0 radical (unpaired) electrons. The molecule has 15 unspecified atom stereocenters. The predicted molar refractivity (Wildman–Crippen MR) is 357 cm³/mol. The zero-order valence-corrected chi connectivity index (χ0v) is 59.1. The van der Waals surface area contributed by atoms with E-state index >= 15 is 0 Å². The minimum atomic E-state index is -1.99. The second-order valence-corrected chi connectivity index (χ2v) is 28.6. The van der Waals surface area contributed by atoms with E-state index in [1.165, 1.54) is 45.4 Å². The number of carbonyl (C=O) groups is 7. The number of Topliss-reactive ketones (excluding diaryl/α,β-unsaturated/α-hetero) is 2. The first-order valence-electron chi connectivity index (χ1n) is 35.1. The van der Waals surface area contributed by atoms with E-state index in [1.807, 2.05) is 25.9 Å². The number of esters is 1. The molecule has 0 amide bonds. The van der Waals surface area contributed by atoms with E-state index in [0.29, 0.717) is 25.0 Å². The van der Waals surface area contributed by atoms with Crippen LogP contribution in [0, 0.1) is 6.92 Å². The van der Waals surface area contributed by atoms with Crippen LogP contribution in [0.2, 0.25) is 0 Å². The minimum absolute atomic E-state index is 0.00378. The highest BCUT2D eigenvalue weighted by Gasteiger charge is 2.55. The molecule has 5 aliphatic heterocycles. The number of rotatable bonds is 15. The summed E-state index contributed by atoms with van der Waals surface area (Å²) in [5.74, 6) is -6.63. The maximum absolute atomic E-state index is 14.1. The van der Waals surface area contributed by atoms with E-state index in [9.17, 15) is 64.2 Å². The summed E-state index contributed by atoms with van der Waals surface area (Å²) in [5, 5.41) is 69.9. The Morgan fingerprint density at radius 2 is 1.25 bits per heavy atom. The van der Waals surface area contributed by atoms with Gasteiger partial charge in [-0.15, -0.1) is 0 Å². The van der Waals surface area contributed by atoms with Gasteiger partial charge in [0.1, 0.15) is 58.9 Å². The fraction of sp³-hybridized carbons (Fsp3) is 0.587. The van der Waals surface area contributed by atoms with Crippen LogP contribution in [0.25, 0.3) is 0 Å². The Balaban J connectivity index is 0.000000200. The summed E-state index contributed by atoms with van der Waals surface area (Å²) in [4.78, 5) is 95.4. The number of aromatic hydroxyl groups is 3. The molecule has 552 valence electrons. The van der Waals surface area contributed by atoms with E-state index in [0.717, 1.165) is 19.3 Å². The van der Waals surface area contributed by atoms with Crippen molar-refractivity contribution in [3.05, 3.63) is 115 Å². The van der Waals surface area contributed by atoms with Crippen LogP contribution < -0.4 is 10.5 Å². The van der Waals surface area contributed by atoms with Gasteiger partial charge in [-0.25, -0.2) is 0 Å². The Morgan fingerprint density at radius 1 is 0.647 bits per heavy atom. The summed E-state index contributed by atoms with van der Waals surface area (Å²) in [5.41, 5.74) is 2.81. The van der Waals surface area contributed by atoms with Gasteiger partial charge in [-0.2, -0.15) is 0 Å². The van der Waals surface area contributed by atoms with Gasteiger partial charge >= 0.3 is 5.97 Å². The number of ether oxygens (including phenoxy) is 12. The Labute approximate surface area is 590 Å². The molecule has 102 heavy (non-hydrogen) atoms. The molecule has 5 heterocycles. The van der Waals surface area contributed by atoms with Crippen molar-refractivity contribution in [2.75, 3.05) is 34.9 Å². The highest BCUT2D eigenvalue weighted by atomic mass is 16.7. The van der Waals surface area contributed by atoms with Crippen molar-refractivity contribution < 1.29 is 121 Å². The van der Waals surface area contributed by atoms with Crippen molar-refractivity contribution in [3.63, 3.8) is 0 Å². The maximum atomic E-state index is 14.1. The molecule has 9 aliphatic rings. The van der Waals surface area contributed by atoms with Gasteiger partial charge in [0.05, 0.1) is 78.7 Å². The average molecular weight is 1420 g/mol. The first-order valence-corrected chi connectivity index (χ1v) is 35.1. The number of benzene rings is 4. The van der Waals surface area contributed by atoms with Crippen molar-refractivity contribution in [3.8, 4) is 23.0 Å². The van der Waals surface area contributed by atoms with E-state index in [1.54, 1.807) is 52.8 Å². The van der Waals surface area contributed by atoms with Crippen molar-refractivity contribution in [1.29, 1.82) is 0 Å². The number of phenols is 3. The zero-order valence-electron chi connectivity index (χ0n) is 59.1. The molecule has 13 rings (SSSR count). The van der Waals surface area contributed by atoms with Crippen LogP contribution in [0.4, 0.5) is 0 Å². The third kappa shape index (κ3) is 13.7. The van der Waals surface area contributed by atoms with Gasteiger partial charge in [-0.1, -0.05) is 37.3 Å². The van der Waals surface area contributed by atoms with Gasteiger partial charge in [0.15, 0.2) is 60.4 Å². The largest absolute Gasteiger partial charge is 0.507 e. The van der Waals surface area contributed by atoms with E-state index < -0.39 is 179 Å². The van der Waals surface area contributed by atoms with Crippen LogP contribution in [0.1, 0.15) is 222 Å². The number of aryl methyl sites for hydroxylation is 1. The Bertz CT molecular complexity index is 3940. The fourth-order valence-electron chi connectivity index (χ4n) is 16.3. The van der Waals surface area contributed by atoms with Crippen molar-refractivity contribution in [2.24, 2.45) is 5.73 Å². The molecule has 4 aromatic rings. The molecule has 8 N–H and O–H groups in total. The lowest BCUT2D eigenvalue weighted by Gasteiger charge is -2.48. The number of aliphatic hydroxyl groups is 3. The first kappa shape index (κ1) is 74.7. The van der Waals surface area contributed by atoms with E-state index in [2.05, 4.69) is 0 Å². The highest BCUT2D eigenvalue weighted by molar-refractivity contribution is 6.32. The van der Waals surface area contributed by atoms with Crippen molar-refractivity contribution in [1.82, 2.24) is 4.90 Å². The smallest absolute Gasteiger partial charge is 0.316 e. The van der Waals surface area contributed by atoms with Crippen LogP contribution in [0.15, 0.2) is 42.5 Å². The number of hydrogen-bond donors (Lipinski definition) is 7. The molecular weight excluding hydrogens is 1330 g/mol. The number of phenolic OH excluding ortho intramolecular Hbond substituents is 3. The summed E-state index contributed by atoms with van der Waals surface area (Å²) in [6, 6.07) is 10.0. The molecule has 0 spiro atoms. The van der Waals surface area contributed by atoms with Crippen molar-refractivity contribution >= 4 is 40.7 Å². The van der Waals surface area contributed by atoms with Gasteiger partial charge in [0, 0.05) is 109 Å². The number of fused-ring (bicyclic) bond motifs is 6. The second-order valence-electron chi connectivity index (χ2n) is 28.6. The maximum Gasteiger partial charge on any atom is 0.316 e. The number of ketones is 6. The molecule has 4 aromatic carbocycles. The SMILES string of the molecule is CC[C@@]1(O)C[C@H](OC2CC(N(C)C)C(OC3CC(O)C(OC4CCC(=O)C(C)O4)C(C)O3)C(C)O2)c2c(cc3c(c2O)C(=O)c2c(C)cccc2C3=O)[C@H]1C(=O)OC.COc1cccc2c1C(=O)c1c(O)c3c(c(O)c1C2=O)C[C@@](O)(C(C)=O)C[C@@H]3OC1CC(N)C(OC2CCCCO2)C(C)O1. The normalized spacial score (nSPS) is 34.3. The fourth-order valence-corrected chi connectivity index (χ4v) is 16.3. The summed E-state index contributed by atoms with van der Waals surface area (Å²) >= 11 is 0. The van der Waals surface area contributed by atoms with Crippen molar-refractivity contribution in [2.45, 2.75) is 247 Å². The summed E-state index contributed by atoms with van der Waals surface area (Å²) in [7, 11) is 6.34. The number of nitrogens with zero attached hydrogens (tertiary/aromatic N) is 1. The van der Waals surface area contributed by atoms with Crippen LogP contribution >= 0.6 is 0 Å². The number of hydrogen-bond acceptors (Lipinski definition) is 27. The monoisotopic (exact) mass is 1420 g/mol. The molecule has 4 aliphatic carbocycles. The molecule has 27 nitrogen and oxygen atoms in total. The predicted octanol–water partition coefficient (Wildman–Crippen LogP) is 6.34. The van der Waals surface area contributed by atoms with Crippen LogP contribution in [-0.4, -0.2) is 215 Å². The molecule has 5 fully saturated rings. The Kier molecular flexibility index (Phi) is 21.6. The van der Waals surface area contributed by atoms with Crippen LogP contribution in [-0.2, 0) is 72.9 Å². The quantitative estimate of drug-likeness (QED) is 0.0435. The molecule has 0 aromatic heterocycles. The van der Waals surface area contributed by atoms with Gasteiger partial charge in [0.2, 0.25) is 5.78 Å². The second kappa shape index (κ2) is 29.5. The van der Waals surface area contributed by atoms with Crippen LogP contribution in [0.5, 0.6) is 23.0 Å². The minimum Gasteiger partial charge on any atom is -0.507 e. The van der Waals surface area contributed by atoms with Gasteiger partial charge in [-0.3, -0.25) is 33.6 Å². The molecule has 0 saturated carbocycles. The Hall–Kier alpha value is -7.03. The lowest BCUT2D eigenvalue weighted by molar-refractivity contribution is -0.324. The number of likely N-dealkylation sites (N-methyl/N-ethyl adjacent to an activating group) is 1. The lowest BCUT2D eigenvalue weighted by atomic mass is 9.67. The van der Waals surface area contributed by atoms with Gasteiger partial charge < -0.3 is 98.1 Å².